The predicted molar refractivity (Wildman–Crippen MR) is 149 cm³/mol. The summed E-state index contributed by atoms with van der Waals surface area (Å²) in [6.45, 7) is 3.90. The Morgan fingerprint density at radius 1 is 1.03 bits per heavy atom. The van der Waals surface area contributed by atoms with Crippen LogP contribution in [0, 0.1) is 13.8 Å². The normalized spacial score (nSPS) is 17.2. The first-order chi connectivity index (χ1) is 17.2. The van der Waals surface area contributed by atoms with Gasteiger partial charge in [0.2, 0.25) is 0 Å². The molecule has 1 fully saturated rings. The van der Waals surface area contributed by atoms with Crippen LogP contribution in [0.15, 0.2) is 70.7 Å². The van der Waals surface area contributed by atoms with E-state index in [4.69, 9.17) is 0 Å². The Labute approximate surface area is 221 Å². The Morgan fingerprint density at radius 3 is 2.42 bits per heavy atom. The van der Waals surface area contributed by atoms with Crippen LogP contribution in [-0.4, -0.2) is 35.9 Å². The zero-order valence-corrected chi connectivity index (χ0v) is 22.6. The van der Waals surface area contributed by atoms with Crippen LogP contribution < -0.4 is 9.80 Å². The second kappa shape index (κ2) is 9.19. The minimum Gasteiger partial charge on any atom is -0.507 e. The molecule has 1 aromatic heterocycles. The number of hydrogen-bond donors (Lipinski definition) is 1. The number of rotatable bonds is 4. The fourth-order valence-electron chi connectivity index (χ4n) is 4.37. The molecule has 1 atom stereocenters. The highest BCUT2D eigenvalue weighted by Crippen LogP contribution is 2.44. The van der Waals surface area contributed by atoms with Gasteiger partial charge in [-0.2, -0.15) is 0 Å². The van der Waals surface area contributed by atoms with E-state index < -0.39 is 17.7 Å². The van der Waals surface area contributed by atoms with Crippen molar-refractivity contribution in [2.75, 3.05) is 23.9 Å². The number of carbonyl (C=O) groups excluding carboxylic acids is 2. The number of anilines is 2. The highest BCUT2D eigenvalue weighted by molar-refractivity contribution is 9.10. The van der Waals surface area contributed by atoms with Gasteiger partial charge in [-0.15, -0.1) is 0 Å². The van der Waals surface area contributed by atoms with Crippen LogP contribution >= 0.6 is 27.3 Å². The summed E-state index contributed by atoms with van der Waals surface area (Å²) in [5.74, 6) is -1.64. The molecule has 1 amide bonds. The zero-order valence-electron chi connectivity index (χ0n) is 20.2. The van der Waals surface area contributed by atoms with Gasteiger partial charge in [-0.05, 0) is 66.9 Å². The van der Waals surface area contributed by atoms with Gasteiger partial charge in [-0.1, -0.05) is 51.5 Å². The number of amides is 1. The van der Waals surface area contributed by atoms with E-state index in [0.717, 1.165) is 31.5 Å². The zero-order chi connectivity index (χ0) is 25.7. The van der Waals surface area contributed by atoms with Gasteiger partial charge >= 0.3 is 5.91 Å². The van der Waals surface area contributed by atoms with Crippen molar-refractivity contribution < 1.29 is 14.7 Å². The summed E-state index contributed by atoms with van der Waals surface area (Å²) in [7, 11) is 3.89. The number of aryl methyl sites for hydroxylation is 2. The van der Waals surface area contributed by atoms with Gasteiger partial charge in [0.25, 0.3) is 5.78 Å². The second-order valence-corrected chi connectivity index (χ2v) is 11.0. The molecular formula is C28H24BrN3O3S. The van der Waals surface area contributed by atoms with Gasteiger partial charge in [0, 0.05) is 29.8 Å². The lowest BCUT2D eigenvalue weighted by molar-refractivity contribution is -0.132. The Kier molecular flexibility index (Phi) is 6.18. The van der Waals surface area contributed by atoms with Crippen LogP contribution in [0.2, 0.25) is 0 Å². The van der Waals surface area contributed by atoms with Crippen LogP contribution in [0.3, 0.4) is 0 Å². The number of thiazole rings is 1. The van der Waals surface area contributed by atoms with Crippen molar-refractivity contribution in [2.24, 2.45) is 0 Å². The standard InChI is InChI=1S/C28H24BrN3O3S/c1-15-5-12-21-22(13-15)36-28(30-21)32-24(17-6-9-19(10-7-17)31(3)4)23(26(34)27(32)35)25(33)18-8-11-20(29)16(2)14-18/h5-14,24,33H,1-4H3/b25-23+. The molecule has 5 rings (SSSR count). The van der Waals surface area contributed by atoms with Gasteiger partial charge in [0.15, 0.2) is 5.13 Å². The van der Waals surface area contributed by atoms with Crippen LogP contribution in [0.1, 0.15) is 28.3 Å². The number of aliphatic hydroxyl groups is 1. The fourth-order valence-corrected chi connectivity index (χ4v) is 5.71. The molecule has 36 heavy (non-hydrogen) atoms. The lowest BCUT2D eigenvalue weighted by Gasteiger charge is -2.23. The van der Waals surface area contributed by atoms with E-state index in [1.807, 2.05) is 81.4 Å². The number of benzene rings is 3. The average molecular weight is 562 g/mol. The number of Topliss-reactive ketones (excluding diaryl/α,β-unsaturated/α-hetero) is 1. The maximum atomic E-state index is 13.5. The molecule has 0 aliphatic carbocycles. The molecule has 8 heteroatoms. The van der Waals surface area contributed by atoms with Gasteiger partial charge in [-0.25, -0.2) is 4.98 Å². The topological polar surface area (TPSA) is 73.7 Å². The molecule has 2 heterocycles. The highest BCUT2D eigenvalue weighted by atomic mass is 79.9. The lowest BCUT2D eigenvalue weighted by Crippen LogP contribution is -2.29. The van der Waals surface area contributed by atoms with Crippen molar-refractivity contribution >= 4 is 65.8 Å². The summed E-state index contributed by atoms with van der Waals surface area (Å²) >= 11 is 4.83. The van der Waals surface area contributed by atoms with Gasteiger partial charge in [-0.3, -0.25) is 14.5 Å². The molecule has 3 aromatic carbocycles. The number of carbonyl (C=O) groups is 2. The number of aromatic nitrogens is 1. The van der Waals surface area contributed by atoms with Gasteiger partial charge in [0.1, 0.15) is 5.76 Å². The Morgan fingerprint density at radius 2 is 1.75 bits per heavy atom. The molecule has 6 nitrogen and oxygen atoms in total. The van der Waals surface area contributed by atoms with Crippen LogP contribution in [0.4, 0.5) is 10.8 Å². The van der Waals surface area contributed by atoms with Crippen LogP contribution in [0.25, 0.3) is 16.0 Å². The quantitative estimate of drug-likeness (QED) is 0.178. The minimum atomic E-state index is -0.813. The average Bonchev–Trinajstić information content (AvgIpc) is 3.38. The Bertz CT molecular complexity index is 1560. The number of fused-ring (bicyclic) bond motifs is 1. The number of nitrogens with zero attached hydrogens (tertiary/aromatic N) is 3. The van der Waals surface area contributed by atoms with E-state index in [1.54, 1.807) is 12.1 Å². The Balaban J connectivity index is 1.72. The summed E-state index contributed by atoms with van der Waals surface area (Å²) in [5, 5.41) is 11.8. The van der Waals surface area contributed by atoms with Crippen LogP contribution in [0.5, 0.6) is 0 Å². The third-order valence-corrected chi connectivity index (χ3v) is 8.25. The molecule has 1 unspecified atom stereocenters. The largest absolute Gasteiger partial charge is 0.507 e. The summed E-state index contributed by atoms with van der Waals surface area (Å²) < 4.78 is 1.82. The number of ketones is 1. The fraction of sp³-hybridized carbons (Fsp3) is 0.179. The monoisotopic (exact) mass is 561 g/mol. The van der Waals surface area contributed by atoms with Crippen LogP contribution in [-0.2, 0) is 9.59 Å². The molecule has 1 aliphatic heterocycles. The first-order valence-corrected chi connectivity index (χ1v) is 13.0. The minimum absolute atomic E-state index is 0.0507. The third kappa shape index (κ3) is 4.10. The molecule has 0 spiro atoms. The lowest BCUT2D eigenvalue weighted by atomic mass is 9.95. The summed E-state index contributed by atoms with van der Waals surface area (Å²) in [4.78, 5) is 35.0. The van der Waals surface area contributed by atoms with E-state index in [0.29, 0.717) is 16.3 Å². The number of hydrogen-bond acceptors (Lipinski definition) is 6. The number of aliphatic hydroxyl groups excluding tert-OH is 1. The smallest absolute Gasteiger partial charge is 0.301 e. The third-order valence-electron chi connectivity index (χ3n) is 6.34. The van der Waals surface area contributed by atoms with Crippen molar-refractivity contribution in [2.45, 2.75) is 19.9 Å². The van der Waals surface area contributed by atoms with Crippen molar-refractivity contribution in [3.8, 4) is 0 Å². The Hall–Kier alpha value is -3.49. The van der Waals surface area contributed by atoms with Crippen molar-refractivity contribution in [3.63, 3.8) is 0 Å². The van der Waals surface area contributed by atoms with E-state index in [1.165, 1.54) is 16.2 Å². The first kappa shape index (κ1) is 24.2. The summed E-state index contributed by atoms with van der Waals surface area (Å²) in [5.41, 5.74) is 4.97. The number of halogens is 1. The molecular weight excluding hydrogens is 538 g/mol. The molecule has 1 saturated heterocycles. The molecule has 1 aliphatic rings. The highest BCUT2D eigenvalue weighted by Gasteiger charge is 2.48. The molecule has 4 aromatic rings. The molecule has 182 valence electrons. The molecule has 0 bridgehead atoms. The van der Waals surface area contributed by atoms with Gasteiger partial charge < -0.3 is 10.0 Å². The SMILES string of the molecule is Cc1ccc2nc(N3C(=O)C(=O)/C(=C(/O)c4ccc(Br)c(C)c4)C3c3ccc(N(C)C)cc3)sc2c1. The first-order valence-electron chi connectivity index (χ1n) is 11.4. The molecule has 0 saturated carbocycles. The van der Waals surface area contributed by atoms with E-state index in [-0.39, 0.29) is 11.3 Å². The van der Waals surface area contributed by atoms with Crippen molar-refractivity contribution in [1.82, 2.24) is 4.98 Å². The molecule has 0 radical (unpaired) electrons. The maximum absolute atomic E-state index is 13.5. The summed E-state index contributed by atoms with van der Waals surface area (Å²) in [6.07, 6.45) is 0. The van der Waals surface area contributed by atoms with Gasteiger partial charge in [0.05, 0.1) is 21.8 Å². The van der Waals surface area contributed by atoms with E-state index >= 15 is 0 Å². The molecule has 1 N–H and O–H groups in total. The second-order valence-electron chi connectivity index (χ2n) is 9.09. The predicted octanol–water partition coefficient (Wildman–Crippen LogP) is 6.37. The maximum Gasteiger partial charge on any atom is 0.301 e. The van der Waals surface area contributed by atoms with E-state index in [9.17, 15) is 14.7 Å². The van der Waals surface area contributed by atoms with Crippen molar-refractivity contribution in [1.29, 1.82) is 0 Å². The summed E-state index contributed by atoms with van der Waals surface area (Å²) in [6, 6.07) is 18.0. The van der Waals surface area contributed by atoms with Crippen molar-refractivity contribution in [3.05, 3.63) is 93.0 Å². The van der Waals surface area contributed by atoms with E-state index in [2.05, 4.69) is 20.9 Å².